The van der Waals surface area contributed by atoms with E-state index < -0.39 is 0 Å². The number of hydrogen-bond acceptors (Lipinski definition) is 1. The molecule has 0 spiro atoms. The fourth-order valence-corrected chi connectivity index (χ4v) is 3.15. The molecule has 23 heavy (non-hydrogen) atoms. The van der Waals surface area contributed by atoms with Crippen molar-refractivity contribution in [3.8, 4) is 0 Å². The van der Waals surface area contributed by atoms with E-state index in [0.29, 0.717) is 0 Å². The predicted molar refractivity (Wildman–Crippen MR) is 113 cm³/mol. The van der Waals surface area contributed by atoms with Crippen LogP contribution >= 0.6 is 17.0 Å². The molecule has 0 aliphatic rings. The molecule has 0 aromatic rings. The maximum Gasteiger partial charge on any atom is -0.00490 e. The molecule has 1 N–H and O–H groups in total. The van der Waals surface area contributed by atoms with Gasteiger partial charge in [0.25, 0.3) is 0 Å². The van der Waals surface area contributed by atoms with Gasteiger partial charge in [-0.25, -0.2) is 0 Å². The highest BCUT2D eigenvalue weighted by molar-refractivity contribution is 8.93. The first-order valence-corrected chi connectivity index (χ1v) is 10.6. The summed E-state index contributed by atoms with van der Waals surface area (Å²) < 4.78 is 0. The molecule has 0 bridgehead atoms. The molecule has 0 aliphatic carbocycles. The van der Waals surface area contributed by atoms with Gasteiger partial charge in [-0.15, -0.1) is 17.0 Å². The second-order valence-electron chi connectivity index (χ2n) is 7.01. The minimum atomic E-state index is 0. The van der Waals surface area contributed by atoms with Crippen molar-refractivity contribution in [3.05, 3.63) is 0 Å². The second-order valence-corrected chi connectivity index (χ2v) is 7.01. The molecule has 0 fully saturated rings. The topological polar surface area (TPSA) is 12.0 Å². The van der Waals surface area contributed by atoms with Crippen LogP contribution in [0.5, 0.6) is 0 Å². The number of halogens is 1. The molecule has 0 saturated heterocycles. The summed E-state index contributed by atoms with van der Waals surface area (Å²) in [5.41, 5.74) is 0. The van der Waals surface area contributed by atoms with Crippen molar-refractivity contribution < 1.29 is 0 Å². The van der Waals surface area contributed by atoms with Crippen LogP contribution in [-0.2, 0) is 0 Å². The van der Waals surface area contributed by atoms with Crippen LogP contribution in [0.4, 0.5) is 0 Å². The summed E-state index contributed by atoms with van der Waals surface area (Å²) in [5, 5.41) is 3.40. The molecule has 1 nitrogen and oxygen atoms in total. The predicted octanol–water partition coefficient (Wildman–Crippen LogP) is 7.83. The van der Waals surface area contributed by atoms with Gasteiger partial charge in [-0.3, -0.25) is 0 Å². The first-order chi connectivity index (χ1) is 10.9. The summed E-state index contributed by atoms with van der Waals surface area (Å²) >= 11 is 0. The van der Waals surface area contributed by atoms with E-state index in [-0.39, 0.29) is 17.0 Å². The molecule has 0 radical (unpaired) electrons. The quantitative estimate of drug-likeness (QED) is 0.221. The van der Waals surface area contributed by atoms with Crippen LogP contribution in [-0.4, -0.2) is 13.1 Å². The van der Waals surface area contributed by atoms with E-state index in [1.54, 1.807) is 0 Å². The van der Waals surface area contributed by atoms with E-state index in [2.05, 4.69) is 19.2 Å². The molecule has 0 atom stereocenters. The molecule has 0 saturated carbocycles. The van der Waals surface area contributed by atoms with E-state index in [0.717, 1.165) is 6.54 Å². The van der Waals surface area contributed by atoms with Gasteiger partial charge in [-0.2, -0.15) is 0 Å². The lowest BCUT2D eigenvalue weighted by Gasteiger charge is -2.04. The van der Waals surface area contributed by atoms with Crippen molar-refractivity contribution in [2.75, 3.05) is 13.1 Å². The maximum absolute atomic E-state index is 3.40. The maximum atomic E-state index is 3.40. The molecule has 0 amide bonds. The van der Waals surface area contributed by atoms with Crippen molar-refractivity contribution in [1.82, 2.24) is 5.32 Å². The third kappa shape index (κ3) is 24.8. The monoisotopic (exact) mass is 391 g/mol. The molecule has 0 heterocycles. The lowest BCUT2D eigenvalue weighted by atomic mass is 10.0. The average molecular weight is 393 g/mol. The van der Waals surface area contributed by atoms with Gasteiger partial charge in [0.2, 0.25) is 0 Å². The third-order valence-corrected chi connectivity index (χ3v) is 4.71. The molecule has 0 aliphatic heterocycles. The largest absolute Gasteiger partial charge is 0.317 e. The zero-order chi connectivity index (χ0) is 16.1. The zero-order valence-electron chi connectivity index (χ0n) is 16.3. The lowest BCUT2D eigenvalue weighted by Crippen LogP contribution is -2.13. The summed E-state index contributed by atoms with van der Waals surface area (Å²) in [6.45, 7) is 6.83. The Balaban J connectivity index is 0. The van der Waals surface area contributed by atoms with Gasteiger partial charge in [0.05, 0.1) is 0 Å². The van der Waals surface area contributed by atoms with Gasteiger partial charge in [0.1, 0.15) is 0 Å². The molecule has 0 rings (SSSR count). The summed E-state index contributed by atoms with van der Waals surface area (Å²) in [5.74, 6) is 0. The Morgan fingerprint density at radius 3 is 1.04 bits per heavy atom. The average Bonchev–Trinajstić information content (AvgIpc) is 2.54. The van der Waals surface area contributed by atoms with E-state index >= 15 is 0 Å². The Hall–Kier alpha value is 0.440. The first-order valence-electron chi connectivity index (χ1n) is 10.6. The fraction of sp³-hybridized carbons (Fsp3) is 1.00. The molecule has 2 heteroatoms. The molecule has 0 unspecified atom stereocenters. The minimum absolute atomic E-state index is 0. The summed E-state index contributed by atoms with van der Waals surface area (Å²) in [6.07, 6.45) is 24.8. The van der Waals surface area contributed by atoms with E-state index in [1.807, 2.05) is 0 Å². The van der Waals surface area contributed by atoms with Gasteiger partial charge >= 0.3 is 0 Å². The molecular weight excluding hydrogens is 346 g/mol. The number of rotatable bonds is 19. The smallest absolute Gasteiger partial charge is 0.00490 e. The lowest BCUT2D eigenvalue weighted by molar-refractivity contribution is 0.524. The van der Waals surface area contributed by atoms with Crippen LogP contribution in [0.2, 0.25) is 0 Å². The zero-order valence-corrected chi connectivity index (χ0v) is 18.1. The van der Waals surface area contributed by atoms with Crippen molar-refractivity contribution in [2.24, 2.45) is 0 Å². The minimum Gasteiger partial charge on any atom is -0.317 e. The number of unbranched alkanes of at least 4 members (excludes halogenated alkanes) is 16. The highest BCUT2D eigenvalue weighted by atomic mass is 79.9. The third-order valence-electron chi connectivity index (χ3n) is 4.71. The first kappa shape index (κ1) is 25.7. The normalized spacial score (nSPS) is 10.7. The van der Waals surface area contributed by atoms with Crippen LogP contribution in [0.15, 0.2) is 0 Å². The van der Waals surface area contributed by atoms with Crippen LogP contribution in [0, 0.1) is 0 Å². The van der Waals surface area contributed by atoms with Gasteiger partial charge in [0.15, 0.2) is 0 Å². The van der Waals surface area contributed by atoms with Gasteiger partial charge in [-0.05, 0) is 19.5 Å². The van der Waals surface area contributed by atoms with Crippen molar-refractivity contribution >= 4 is 17.0 Å². The van der Waals surface area contributed by atoms with Crippen molar-refractivity contribution in [3.63, 3.8) is 0 Å². The van der Waals surface area contributed by atoms with E-state index in [1.165, 1.54) is 116 Å². The van der Waals surface area contributed by atoms with E-state index in [9.17, 15) is 0 Å². The van der Waals surface area contributed by atoms with E-state index in [4.69, 9.17) is 0 Å². The number of nitrogens with one attached hydrogen (secondary N) is 1. The summed E-state index contributed by atoms with van der Waals surface area (Å²) in [7, 11) is 0. The van der Waals surface area contributed by atoms with Crippen molar-refractivity contribution in [2.45, 2.75) is 123 Å². The second kappa shape index (κ2) is 24.7. The Labute approximate surface area is 158 Å². The van der Waals surface area contributed by atoms with Crippen LogP contribution in [0.1, 0.15) is 123 Å². The summed E-state index contributed by atoms with van der Waals surface area (Å²) in [6, 6.07) is 0. The standard InChI is InChI=1S/C21H45N.BrH/c1-3-5-6-7-8-9-10-11-12-13-14-15-16-17-18-19-20-21-22-4-2;/h22H,3-21H2,1-2H3;1H. The highest BCUT2D eigenvalue weighted by Gasteiger charge is 1.94. The Morgan fingerprint density at radius 1 is 0.435 bits per heavy atom. The Morgan fingerprint density at radius 2 is 0.739 bits per heavy atom. The van der Waals surface area contributed by atoms with Gasteiger partial charge in [0, 0.05) is 0 Å². The molecule has 0 aromatic carbocycles. The van der Waals surface area contributed by atoms with Gasteiger partial charge in [-0.1, -0.05) is 117 Å². The highest BCUT2D eigenvalue weighted by Crippen LogP contribution is 2.13. The SMILES string of the molecule is Br.CCCCCCCCCCCCCCCCCCCNCC. The van der Waals surface area contributed by atoms with Crippen LogP contribution < -0.4 is 5.32 Å². The molecule has 142 valence electrons. The number of hydrogen-bond donors (Lipinski definition) is 1. The molecular formula is C21H46BrN. The molecule has 0 aromatic heterocycles. The van der Waals surface area contributed by atoms with Crippen molar-refractivity contribution in [1.29, 1.82) is 0 Å². The summed E-state index contributed by atoms with van der Waals surface area (Å²) in [4.78, 5) is 0. The van der Waals surface area contributed by atoms with Crippen LogP contribution in [0.3, 0.4) is 0 Å². The van der Waals surface area contributed by atoms with Crippen LogP contribution in [0.25, 0.3) is 0 Å². The Bertz CT molecular complexity index is 165. The van der Waals surface area contributed by atoms with Gasteiger partial charge < -0.3 is 5.32 Å². The Kier molecular flexibility index (Phi) is 27.6. The fourth-order valence-electron chi connectivity index (χ4n) is 3.15.